The van der Waals surface area contributed by atoms with Crippen LogP contribution in [0.25, 0.3) is 22.4 Å². The largest absolute Gasteiger partial charge is 0.508 e. The zero-order chi connectivity index (χ0) is 15.0. The topological polar surface area (TPSA) is 38.0 Å². The third-order valence-electron chi connectivity index (χ3n) is 3.61. The molecule has 1 aromatic heterocycles. The summed E-state index contributed by atoms with van der Waals surface area (Å²) < 4.78 is 2.19. The highest BCUT2D eigenvalue weighted by Crippen LogP contribution is 2.29. The number of aryl methyl sites for hydroxylation is 2. The Morgan fingerprint density at radius 1 is 1.19 bits per heavy atom. The van der Waals surface area contributed by atoms with Gasteiger partial charge in [0, 0.05) is 17.1 Å². The maximum absolute atomic E-state index is 9.69. The van der Waals surface area contributed by atoms with E-state index in [-0.39, 0.29) is 0 Å². The molecule has 1 N–H and O–H groups in total. The number of nitrogens with zero attached hydrogens (tertiary/aromatic N) is 2. The molecule has 0 aliphatic carbocycles. The summed E-state index contributed by atoms with van der Waals surface area (Å²) in [4.78, 5) is 4.74. The van der Waals surface area contributed by atoms with E-state index >= 15 is 0 Å². The van der Waals surface area contributed by atoms with Crippen molar-refractivity contribution < 1.29 is 5.11 Å². The molecular weight excluding hydrogens is 284 g/mol. The van der Waals surface area contributed by atoms with Gasteiger partial charge in [0.05, 0.1) is 11.0 Å². The first-order valence-electron chi connectivity index (χ1n) is 7.06. The number of aromatic nitrogens is 2. The molecule has 2 aromatic carbocycles. The summed E-state index contributed by atoms with van der Waals surface area (Å²) in [5.74, 6) is 1.22. The summed E-state index contributed by atoms with van der Waals surface area (Å²) in [6.07, 6.45) is 1.02. The standard InChI is InChI=1S/C17H17ClN2O/c1-3-8-20-15-10-13(18)5-6-14(15)19-17(20)12-4-7-16(21)11(2)9-12/h4-7,9-10,21H,3,8H2,1-2H3. The third-order valence-corrected chi connectivity index (χ3v) is 3.85. The Balaban J connectivity index is 2.25. The first-order chi connectivity index (χ1) is 10.1. The van der Waals surface area contributed by atoms with Gasteiger partial charge in [0.1, 0.15) is 11.6 Å². The first kappa shape index (κ1) is 14.0. The molecule has 1 heterocycles. The lowest BCUT2D eigenvalue weighted by Gasteiger charge is -2.09. The Morgan fingerprint density at radius 2 is 2.00 bits per heavy atom. The summed E-state index contributed by atoms with van der Waals surface area (Å²) in [5.41, 5.74) is 3.84. The summed E-state index contributed by atoms with van der Waals surface area (Å²) in [6, 6.07) is 11.3. The quantitative estimate of drug-likeness (QED) is 0.756. The average molecular weight is 301 g/mol. The molecule has 0 saturated carbocycles. The Hall–Kier alpha value is -2.00. The molecule has 0 spiro atoms. The predicted molar refractivity (Wildman–Crippen MR) is 86.9 cm³/mol. The molecule has 108 valence electrons. The SMILES string of the molecule is CCCn1c(-c2ccc(O)c(C)c2)nc2ccc(Cl)cc21. The molecule has 0 bridgehead atoms. The molecule has 3 nitrogen and oxygen atoms in total. The number of fused-ring (bicyclic) bond motifs is 1. The van der Waals surface area contributed by atoms with Crippen LogP contribution in [0.2, 0.25) is 5.02 Å². The highest BCUT2D eigenvalue weighted by Gasteiger charge is 2.13. The predicted octanol–water partition coefficient (Wildman–Crippen LogP) is 4.78. The van der Waals surface area contributed by atoms with E-state index in [1.54, 1.807) is 6.07 Å². The van der Waals surface area contributed by atoms with E-state index < -0.39 is 0 Å². The second-order valence-corrected chi connectivity index (χ2v) is 5.66. The Bertz CT molecular complexity index is 808. The van der Waals surface area contributed by atoms with E-state index in [9.17, 15) is 5.11 Å². The van der Waals surface area contributed by atoms with Gasteiger partial charge in [-0.25, -0.2) is 4.98 Å². The van der Waals surface area contributed by atoms with E-state index in [1.165, 1.54) is 0 Å². The highest BCUT2D eigenvalue weighted by molar-refractivity contribution is 6.31. The van der Waals surface area contributed by atoms with Crippen molar-refractivity contribution >= 4 is 22.6 Å². The van der Waals surface area contributed by atoms with Crippen molar-refractivity contribution in [3.05, 3.63) is 47.0 Å². The number of halogens is 1. The van der Waals surface area contributed by atoms with E-state index in [0.29, 0.717) is 10.8 Å². The molecule has 0 unspecified atom stereocenters. The molecule has 4 heteroatoms. The van der Waals surface area contributed by atoms with Crippen molar-refractivity contribution in [1.29, 1.82) is 0 Å². The molecule has 0 amide bonds. The highest BCUT2D eigenvalue weighted by atomic mass is 35.5. The van der Waals surface area contributed by atoms with Crippen LogP contribution in [-0.2, 0) is 6.54 Å². The monoisotopic (exact) mass is 300 g/mol. The Labute approximate surface area is 128 Å². The van der Waals surface area contributed by atoms with Crippen LogP contribution in [0.3, 0.4) is 0 Å². The van der Waals surface area contributed by atoms with Gasteiger partial charge in [-0.15, -0.1) is 0 Å². The van der Waals surface area contributed by atoms with Crippen molar-refractivity contribution in [2.24, 2.45) is 0 Å². The number of aromatic hydroxyl groups is 1. The molecule has 0 radical (unpaired) electrons. The van der Waals surface area contributed by atoms with Gasteiger partial charge in [-0.3, -0.25) is 0 Å². The number of imidazole rings is 1. The van der Waals surface area contributed by atoms with Crippen LogP contribution in [0.1, 0.15) is 18.9 Å². The van der Waals surface area contributed by atoms with Gasteiger partial charge >= 0.3 is 0 Å². The molecule has 0 fully saturated rings. The fourth-order valence-electron chi connectivity index (χ4n) is 2.56. The van der Waals surface area contributed by atoms with Crippen LogP contribution in [0.15, 0.2) is 36.4 Å². The van der Waals surface area contributed by atoms with E-state index in [4.69, 9.17) is 16.6 Å². The summed E-state index contributed by atoms with van der Waals surface area (Å²) in [5, 5.41) is 10.4. The van der Waals surface area contributed by atoms with Crippen molar-refractivity contribution in [3.63, 3.8) is 0 Å². The normalized spacial score (nSPS) is 11.2. The molecule has 21 heavy (non-hydrogen) atoms. The fourth-order valence-corrected chi connectivity index (χ4v) is 2.73. The zero-order valence-corrected chi connectivity index (χ0v) is 12.9. The van der Waals surface area contributed by atoms with Crippen molar-refractivity contribution in [2.45, 2.75) is 26.8 Å². The zero-order valence-electron chi connectivity index (χ0n) is 12.1. The van der Waals surface area contributed by atoms with Crippen LogP contribution in [-0.4, -0.2) is 14.7 Å². The fraction of sp³-hybridized carbons (Fsp3) is 0.235. The second-order valence-electron chi connectivity index (χ2n) is 5.22. The Morgan fingerprint density at radius 3 is 2.71 bits per heavy atom. The molecule has 3 aromatic rings. The summed E-state index contributed by atoms with van der Waals surface area (Å²) >= 11 is 6.12. The van der Waals surface area contributed by atoms with E-state index in [1.807, 2.05) is 37.3 Å². The van der Waals surface area contributed by atoms with E-state index in [0.717, 1.165) is 41.0 Å². The second kappa shape index (κ2) is 5.41. The molecule has 0 aliphatic rings. The molecule has 3 rings (SSSR count). The lowest BCUT2D eigenvalue weighted by Crippen LogP contribution is -1.99. The summed E-state index contributed by atoms with van der Waals surface area (Å²) in [6.45, 7) is 4.91. The maximum atomic E-state index is 9.69. The van der Waals surface area contributed by atoms with E-state index in [2.05, 4.69) is 11.5 Å². The van der Waals surface area contributed by atoms with Gasteiger partial charge in [0.15, 0.2) is 0 Å². The third kappa shape index (κ3) is 2.49. The number of benzene rings is 2. The van der Waals surface area contributed by atoms with Crippen molar-refractivity contribution in [3.8, 4) is 17.1 Å². The lowest BCUT2D eigenvalue weighted by molar-refractivity contribution is 0.471. The van der Waals surface area contributed by atoms with Crippen LogP contribution in [0, 0.1) is 6.92 Å². The molecule has 0 saturated heterocycles. The van der Waals surface area contributed by atoms with Crippen LogP contribution in [0.5, 0.6) is 5.75 Å². The number of rotatable bonds is 3. The molecular formula is C17H17ClN2O. The number of phenols is 1. The summed E-state index contributed by atoms with van der Waals surface area (Å²) in [7, 11) is 0. The van der Waals surface area contributed by atoms with Crippen LogP contribution in [0.4, 0.5) is 0 Å². The van der Waals surface area contributed by atoms with Crippen LogP contribution >= 0.6 is 11.6 Å². The number of hydrogen-bond acceptors (Lipinski definition) is 2. The van der Waals surface area contributed by atoms with Gasteiger partial charge in [-0.05, 0) is 55.3 Å². The van der Waals surface area contributed by atoms with Gasteiger partial charge < -0.3 is 9.67 Å². The van der Waals surface area contributed by atoms with Gasteiger partial charge in [0.25, 0.3) is 0 Å². The smallest absolute Gasteiger partial charge is 0.141 e. The van der Waals surface area contributed by atoms with Crippen molar-refractivity contribution in [2.75, 3.05) is 0 Å². The van der Waals surface area contributed by atoms with Gasteiger partial charge in [0.2, 0.25) is 0 Å². The van der Waals surface area contributed by atoms with Crippen molar-refractivity contribution in [1.82, 2.24) is 9.55 Å². The molecule has 0 aliphatic heterocycles. The molecule has 0 atom stereocenters. The van der Waals surface area contributed by atoms with Gasteiger partial charge in [-0.1, -0.05) is 18.5 Å². The minimum Gasteiger partial charge on any atom is -0.508 e. The maximum Gasteiger partial charge on any atom is 0.141 e. The minimum absolute atomic E-state index is 0.306. The number of phenolic OH excluding ortho intramolecular Hbond substituents is 1. The lowest BCUT2D eigenvalue weighted by atomic mass is 10.1. The van der Waals surface area contributed by atoms with Gasteiger partial charge in [-0.2, -0.15) is 0 Å². The first-order valence-corrected chi connectivity index (χ1v) is 7.43. The van der Waals surface area contributed by atoms with Crippen LogP contribution < -0.4 is 0 Å². The number of hydrogen-bond donors (Lipinski definition) is 1. The average Bonchev–Trinajstić information content (AvgIpc) is 2.81. The Kier molecular flexibility index (Phi) is 3.60. The minimum atomic E-state index is 0.306.